The molecule has 0 aliphatic rings. The van der Waals surface area contributed by atoms with Crippen molar-refractivity contribution in [2.45, 2.75) is 0 Å². The Morgan fingerprint density at radius 2 is 1.59 bits per heavy atom. The van der Waals surface area contributed by atoms with E-state index in [1.807, 2.05) is 18.2 Å². The van der Waals surface area contributed by atoms with Crippen LogP contribution in [-0.4, -0.2) is 18.2 Å². The number of carbonyl (C=O) groups excluding carboxylic acids is 2. The van der Waals surface area contributed by atoms with E-state index in [0.717, 1.165) is 0 Å². The first-order valence-corrected chi connectivity index (χ1v) is 6.92. The largest absolute Gasteiger partial charge is 0.304 e. The summed E-state index contributed by atoms with van der Waals surface area (Å²) in [6.45, 7) is 7.48. The van der Waals surface area contributed by atoms with Crippen LogP contribution in [0.4, 0.5) is 5.69 Å². The standard InChI is InChI=1S/C19H17NO2/c1-3-14-20(18(21)4-2)17-13-9-8-12-16(17)19(22)15-10-6-5-7-11-15/h3-13H,1-2,14H2. The van der Waals surface area contributed by atoms with Crippen molar-refractivity contribution in [1.82, 2.24) is 0 Å². The van der Waals surface area contributed by atoms with E-state index in [2.05, 4.69) is 13.2 Å². The number of benzene rings is 2. The summed E-state index contributed by atoms with van der Waals surface area (Å²) >= 11 is 0. The fourth-order valence-electron chi connectivity index (χ4n) is 2.19. The van der Waals surface area contributed by atoms with Gasteiger partial charge in [-0.2, -0.15) is 0 Å². The SMILES string of the molecule is C=CCN(C(=O)C=C)c1ccccc1C(=O)c1ccccc1. The molecule has 0 aliphatic heterocycles. The van der Waals surface area contributed by atoms with Gasteiger partial charge in [0, 0.05) is 17.7 Å². The van der Waals surface area contributed by atoms with Crippen LogP contribution in [0, 0.1) is 0 Å². The Morgan fingerprint density at radius 3 is 2.23 bits per heavy atom. The molecule has 0 aliphatic carbocycles. The van der Waals surface area contributed by atoms with Gasteiger partial charge in [0.05, 0.1) is 5.69 Å². The van der Waals surface area contributed by atoms with Gasteiger partial charge in [0.1, 0.15) is 0 Å². The van der Waals surface area contributed by atoms with Gasteiger partial charge in [-0.15, -0.1) is 6.58 Å². The van der Waals surface area contributed by atoms with Crippen LogP contribution in [0.25, 0.3) is 0 Å². The summed E-state index contributed by atoms with van der Waals surface area (Å²) < 4.78 is 0. The average Bonchev–Trinajstić information content (AvgIpc) is 2.59. The molecule has 0 N–H and O–H groups in total. The third kappa shape index (κ3) is 3.20. The summed E-state index contributed by atoms with van der Waals surface area (Å²) in [7, 11) is 0. The molecule has 0 heterocycles. The van der Waals surface area contributed by atoms with Gasteiger partial charge in [-0.25, -0.2) is 0 Å². The molecule has 0 bridgehead atoms. The Morgan fingerprint density at radius 1 is 0.955 bits per heavy atom. The number of anilines is 1. The molecular formula is C19H17NO2. The molecule has 0 saturated carbocycles. The van der Waals surface area contributed by atoms with Crippen molar-refractivity contribution in [3.63, 3.8) is 0 Å². The van der Waals surface area contributed by atoms with Crippen LogP contribution in [0.15, 0.2) is 79.9 Å². The fourth-order valence-corrected chi connectivity index (χ4v) is 2.19. The highest BCUT2D eigenvalue weighted by Crippen LogP contribution is 2.23. The molecule has 2 aromatic carbocycles. The normalized spacial score (nSPS) is 9.82. The Bertz CT molecular complexity index is 704. The average molecular weight is 291 g/mol. The minimum Gasteiger partial charge on any atom is -0.304 e. The molecule has 2 aromatic rings. The maximum absolute atomic E-state index is 12.7. The Kier molecular flexibility index (Phi) is 5.04. The van der Waals surface area contributed by atoms with E-state index < -0.39 is 0 Å². The van der Waals surface area contributed by atoms with Crippen LogP contribution in [0.5, 0.6) is 0 Å². The highest BCUT2D eigenvalue weighted by molar-refractivity contribution is 6.15. The molecule has 0 saturated heterocycles. The van der Waals surface area contributed by atoms with Gasteiger partial charge in [0.15, 0.2) is 5.78 Å². The van der Waals surface area contributed by atoms with E-state index in [-0.39, 0.29) is 11.7 Å². The lowest BCUT2D eigenvalue weighted by molar-refractivity contribution is -0.114. The van der Waals surface area contributed by atoms with Gasteiger partial charge in [0.25, 0.3) is 5.91 Å². The first kappa shape index (κ1) is 15.4. The third-order valence-corrected chi connectivity index (χ3v) is 3.23. The van der Waals surface area contributed by atoms with E-state index in [1.165, 1.54) is 11.0 Å². The summed E-state index contributed by atoms with van der Waals surface area (Å²) in [6, 6.07) is 16.0. The fraction of sp³-hybridized carbons (Fsp3) is 0.0526. The van der Waals surface area contributed by atoms with Crippen molar-refractivity contribution in [3.05, 3.63) is 91.0 Å². The lowest BCUT2D eigenvalue weighted by atomic mass is 10.0. The lowest BCUT2D eigenvalue weighted by Gasteiger charge is -2.22. The number of ketones is 1. The molecule has 0 aromatic heterocycles. The smallest absolute Gasteiger partial charge is 0.250 e. The molecule has 1 amide bonds. The van der Waals surface area contributed by atoms with Gasteiger partial charge >= 0.3 is 0 Å². The second kappa shape index (κ2) is 7.18. The van der Waals surface area contributed by atoms with E-state index in [0.29, 0.717) is 23.4 Å². The van der Waals surface area contributed by atoms with Crippen LogP contribution in [0.1, 0.15) is 15.9 Å². The van der Waals surface area contributed by atoms with E-state index in [1.54, 1.807) is 42.5 Å². The molecule has 0 spiro atoms. The lowest BCUT2D eigenvalue weighted by Crippen LogP contribution is -2.30. The maximum atomic E-state index is 12.7. The van der Waals surface area contributed by atoms with Gasteiger partial charge in [-0.05, 0) is 18.2 Å². The molecule has 3 heteroatoms. The summed E-state index contributed by atoms with van der Waals surface area (Å²) in [5, 5.41) is 0. The predicted octanol–water partition coefficient (Wildman–Crippen LogP) is 3.62. The number of rotatable bonds is 6. The summed E-state index contributed by atoms with van der Waals surface area (Å²) in [6.07, 6.45) is 2.85. The Hall–Kier alpha value is -2.94. The first-order chi connectivity index (χ1) is 10.7. The summed E-state index contributed by atoms with van der Waals surface area (Å²) in [5.41, 5.74) is 1.62. The number of nitrogens with zero attached hydrogens (tertiary/aromatic N) is 1. The quantitative estimate of drug-likeness (QED) is 0.463. The van der Waals surface area contributed by atoms with Crippen molar-refractivity contribution >= 4 is 17.4 Å². The van der Waals surface area contributed by atoms with E-state index in [4.69, 9.17) is 0 Å². The Balaban J connectivity index is 2.50. The zero-order chi connectivity index (χ0) is 15.9. The van der Waals surface area contributed by atoms with Crippen LogP contribution < -0.4 is 4.90 Å². The summed E-state index contributed by atoms with van der Waals surface area (Å²) in [5.74, 6) is -0.393. The zero-order valence-electron chi connectivity index (χ0n) is 12.2. The van der Waals surface area contributed by atoms with E-state index in [9.17, 15) is 9.59 Å². The van der Waals surface area contributed by atoms with E-state index >= 15 is 0 Å². The zero-order valence-corrected chi connectivity index (χ0v) is 12.2. The predicted molar refractivity (Wildman–Crippen MR) is 89.1 cm³/mol. The first-order valence-electron chi connectivity index (χ1n) is 6.92. The number of amides is 1. The maximum Gasteiger partial charge on any atom is 0.250 e. The van der Waals surface area contributed by atoms with Crippen molar-refractivity contribution in [2.24, 2.45) is 0 Å². The monoisotopic (exact) mass is 291 g/mol. The second-order valence-electron chi connectivity index (χ2n) is 4.65. The van der Waals surface area contributed by atoms with Crippen molar-refractivity contribution in [1.29, 1.82) is 0 Å². The topological polar surface area (TPSA) is 37.4 Å². The second-order valence-corrected chi connectivity index (χ2v) is 4.65. The number of hydrogen-bond donors (Lipinski definition) is 0. The number of carbonyl (C=O) groups is 2. The van der Waals surface area contributed by atoms with Crippen LogP contribution in [0.2, 0.25) is 0 Å². The molecule has 0 unspecified atom stereocenters. The van der Waals surface area contributed by atoms with Crippen LogP contribution in [-0.2, 0) is 4.79 Å². The molecular weight excluding hydrogens is 274 g/mol. The van der Waals surface area contributed by atoms with Crippen LogP contribution >= 0.6 is 0 Å². The third-order valence-electron chi connectivity index (χ3n) is 3.23. The molecule has 22 heavy (non-hydrogen) atoms. The number of para-hydroxylation sites is 1. The highest BCUT2D eigenvalue weighted by atomic mass is 16.2. The minimum atomic E-state index is -0.270. The van der Waals surface area contributed by atoms with Gasteiger partial charge < -0.3 is 4.90 Å². The minimum absolute atomic E-state index is 0.123. The molecule has 0 fully saturated rings. The van der Waals surface area contributed by atoms with Gasteiger partial charge in [-0.1, -0.05) is 55.1 Å². The Labute approximate surface area is 130 Å². The van der Waals surface area contributed by atoms with Crippen molar-refractivity contribution in [3.8, 4) is 0 Å². The highest BCUT2D eigenvalue weighted by Gasteiger charge is 2.19. The van der Waals surface area contributed by atoms with Crippen molar-refractivity contribution < 1.29 is 9.59 Å². The van der Waals surface area contributed by atoms with Crippen LogP contribution in [0.3, 0.4) is 0 Å². The van der Waals surface area contributed by atoms with Gasteiger partial charge in [-0.3, -0.25) is 9.59 Å². The molecule has 0 atom stereocenters. The molecule has 3 nitrogen and oxygen atoms in total. The molecule has 110 valence electrons. The molecule has 0 radical (unpaired) electrons. The molecule has 2 rings (SSSR count). The summed E-state index contributed by atoms with van der Waals surface area (Å²) in [4.78, 5) is 26.2. The van der Waals surface area contributed by atoms with Crippen molar-refractivity contribution in [2.75, 3.05) is 11.4 Å². The number of hydrogen-bond acceptors (Lipinski definition) is 2. The van der Waals surface area contributed by atoms with Gasteiger partial charge in [0.2, 0.25) is 0 Å².